The van der Waals surface area contributed by atoms with Crippen LogP contribution in [0.2, 0.25) is 0 Å². The Morgan fingerprint density at radius 2 is 1.74 bits per heavy atom. The van der Waals surface area contributed by atoms with Crippen LogP contribution in [0.15, 0.2) is 4.99 Å². The highest BCUT2D eigenvalue weighted by atomic mass is 32.2. The first-order valence-electron chi connectivity index (χ1n) is 11.9. The van der Waals surface area contributed by atoms with Gasteiger partial charge in [-0.25, -0.2) is 0 Å². The van der Waals surface area contributed by atoms with E-state index in [1.807, 2.05) is 32.5 Å². The molecule has 0 spiro atoms. The smallest absolute Gasteiger partial charge is 0.159 e. The number of fused-ring (bicyclic) bond motifs is 1. The predicted octanol–water partition coefficient (Wildman–Crippen LogP) is 4.22. The molecule has 0 amide bonds. The van der Waals surface area contributed by atoms with E-state index in [1.54, 1.807) is 0 Å². The first-order valence-corrected chi connectivity index (χ1v) is 14.0. The SMILES string of the molecule is CCCCO[C@@H]1[C@H]2N=C(N(C)C)S[C@H]2C[C@H](C(C)N[S+]([O-])C(C)(C)C)[C@H]1OCCCC. The number of amidine groups is 1. The van der Waals surface area contributed by atoms with E-state index >= 15 is 0 Å². The monoisotopic (exact) mass is 475 g/mol. The summed E-state index contributed by atoms with van der Waals surface area (Å²) in [4.78, 5) is 7.16. The Bertz CT molecular complexity index is 571. The van der Waals surface area contributed by atoms with Crippen molar-refractivity contribution in [3.05, 3.63) is 0 Å². The molecule has 1 aliphatic heterocycles. The predicted molar refractivity (Wildman–Crippen MR) is 134 cm³/mol. The summed E-state index contributed by atoms with van der Waals surface area (Å²) >= 11 is 0.738. The molecule has 1 fully saturated rings. The minimum atomic E-state index is -1.12. The van der Waals surface area contributed by atoms with E-state index in [1.165, 1.54) is 0 Å². The molecule has 1 saturated carbocycles. The van der Waals surface area contributed by atoms with Crippen LogP contribution in [0.5, 0.6) is 0 Å². The topological polar surface area (TPSA) is 69.2 Å². The third-order valence-corrected chi connectivity index (χ3v) is 9.13. The van der Waals surface area contributed by atoms with Gasteiger partial charge >= 0.3 is 0 Å². The molecule has 1 N–H and O–H groups in total. The first-order chi connectivity index (χ1) is 14.6. The van der Waals surface area contributed by atoms with Gasteiger partial charge in [0.05, 0.1) is 18.2 Å². The van der Waals surface area contributed by atoms with Crippen LogP contribution in [0.1, 0.15) is 73.6 Å². The Balaban J connectivity index is 2.27. The molecule has 2 unspecified atom stereocenters. The van der Waals surface area contributed by atoms with Crippen molar-refractivity contribution in [1.29, 1.82) is 0 Å². The van der Waals surface area contributed by atoms with Crippen molar-refractivity contribution in [2.45, 2.75) is 108 Å². The molecule has 2 rings (SSSR count). The summed E-state index contributed by atoms with van der Waals surface area (Å²) < 4.78 is 28.9. The second-order valence-corrected chi connectivity index (χ2v) is 13.2. The third kappa shape index (κ3) is 7.51. The van der Waals surface area contributed by atoms with E-state index in [2.05, 4.69) is 44.5 Å². The molecule has 0 bridgehead atoms. The van der Waals surface area contributed by atoms with Gasteiger partial charge in [0.2, 0.25) is 0 Å². The average molecular weight is 476 g/mol. The molecule has 1 heterocycles. The molecule has 0 saturated heterocycles. The molecule has 0 aromatic heterocycles. The van der Waals surface area contributed by atoms with Crippen molar-refractivity contribution in [3.63, 3.8) is 0 Å². The van der Waals surface area contributed by atoms with Crippen LogP contribution in [-0.2, 0) is 20.8 Å². The number of aliphatic imine (C=N–C) groups is 1. The number of hydrogen-bond donors (Lipinski definition) is 1. The summed E-state index contributed by atoms with van der Waals surface area (Å²) in [7, 11) is 4.11. The fourth-order valence-corrected chi connectivity index (χ4v) is 6.24. The van der Waals surface area contributed by atoms with Crippen molar-refractivity contribution in [1.82, 2.24) is 9.62 Å². The molecule has 0 aromatic carbocycles. The van der Waals surface area contributed by atoms with E-state index in [0.29, 0.717) is 5.25 Å². The van der Waals surface area contributed by atoms with Gasteiger partial charge in [-0.15, -0.1) is 4.72 Å². The maximum absolute atomic E-state index is 12.8. The lowest BCUT2D eigenvalue weighted by Gasteiger charge is -2.45. The van der Waals surface area contributed by atoms with Crippen molar-refractivity contribution in [2.24, 2.45) is 10.9 Å². The zero-order valence-corrected chi connectivity index (χ0v) is 22.5. The molecule has 1 aliphatic carbocycles. The Labute approximate surface area is 198 Å². The maximum Gasteiger partial charge on any atom is 0.159 e. The molecule has 6 nitrogen and oxygen atoms in total. The number of hydrogen-bond acceptors (Lipinski definition) is 7. The highest BCUT2D eigenvalue weighted by Gasteiger charge is 2.51. The second-order valence-electron chi connectivity index (χ2n) is 10.0. The van der Waals surface area contributed by atoms with Crippen LogP contribution < -0.4 is 4.72 Å². The normalized spacial score (nSPS) is 30.6. The minimum absolute atomic E-state index is 0.0463. The summed E-state index contributed by atoms with van der Waals surface area (Å²) in [6.07, 6.45) is 5.16. The van der Waals surface area contributed by atoms with Gasteiger partial charge in [0.15, 0.2) is 5.17 Å². The van der Waals surface area contributed by atoms with Gasteiger partial charge in [0.1, 0.15) is 10.9 Å². The standard InChI is InChI=1S/C23H45N3O3S2/c1-9-11-13-28-20-17(16(3)25-31(27)23(4,5)6)15-18-19(21(20)29-14-12-10-2)24-22(30-18)26(7)8/h16-21,25H,9-15H2,1-8H3/t16?,17-,18+,19+,20-,21-,31?/m1/s1. The second kappa shape index (κ2) is 12.5. The van der Waals surface area contributed by atoms with Crippen LogP contribution in [0.25, 0.3) is 0 Å². The van der Waals surface area contributed by atoms with Gasteiger partial charge in [-0.3, -0.25) is 4.99 Å². The van der Waals surface area contributed by atoms with Crippen LogP contribution >= 0.6 is 11.8 Å². The van der Waals surface area contributed by atoms with E-state index in [0.717, 1.165) is 50.5 Å². The van der Waals surface area contributed by atoms with Gasteiger partial charge in [0.25, 0.3) is 0 Å². The van der Waals surface area contributed by atoms with E-state index in [9.17, 15) is 4.55 Å². The Morgan fingerprint density at radius 1 is 1.16 bits per heavy atom. The molecule has 0 radical (unpaired) electrons. The largest absolute Gasteiger partial charge is 0.598 e. The minimum Gasteiger partial charge on any atom is -0.598 e. The van der Waals surface area contributed by atoms with Crippen molar-refractivity contribution < 1.29 is 14.0 Å². The van der Waals surface area contributed by atoms with Crippen LogP contribution in [0.3, 0.4) is 0 Å². The Morgan fingerprint density at radius 3 is 2.26 bits per heavy atom. The summed E-state index contributed by atoms with van der Waals surface area (Å²) in [5.41, 5.74) is 0. The summed E-state index contributed by atoms with van der Waals surface area (Å²) in [6.45, 7) is 14.0. The quantitative estimate of drug-likeness (QED) is 0.356. The number of nitrogens with zero attached hydrogens (tertiary/aromatic N) is 2. The van der Waals surface area contributed by atoms with Gasteiger partial charge < -0.3 is 18.9 Å². The molecule has 7 atom stereocenters. The number of ether oxygens (including phenoxy) is 2. The Hall–Kier alpha value is 0.01000. The van der Waals surface area contributed by atoms with E-state index in [4.69, 9.17) is 14.5 Å². The number of thioether (sulfide) groups is 1. The van der Waals surface area contributed by atoms with Gasteiger partial charge in [-0.1, -0.05) is 38.5 Å². The molecule has 182 valence electrons. The fraction of sp³-hybridized carbons (Fsp3) is 0.957. The van der Waals surface area contributed by atoms with Gasteiger partial charge in [-0.05, 0) is 47.0 Å². The van der Waals surface area contributed by atoms with Gasteiger partial charge in [-0.2, -0.15) is 0 Å². The third-order valence-electron chi connectivity index (χ3n) is 5.97. The summed E-state index contributed by atoms with van der Waals surface area (Å²) in [5.74, 6) is 0.222. The molecule has 0 aromatic rings. The number of unbranched alkanes of at least 4 members (excludes halogenated alkanes) is 2. The molecular formula is C23H45N3O3S2. The highest BCUT2D eigenvalue weighted by molar-refractivity contribution is 8.14. The Kier molecular flexibility index (Phi) is 11.0. The highest BCUT2D eigenvalue weighted by Crippen LogP contribution is 2.44. The fourth-order valence-electron chi connectivity index (χ4n) is 4.04. The number of rotatable bonds is 11. The first kappa shape index (κ1) is 27.3. The lowest BCUT2D eigenvalue weighted by atomic mass is 9.77. The summed E-state index contributed by atoms with van der Waals surface area (Å²) in [5, 5.41) is 1.44. The van der Waals surface area contributed by atoms with Crippen molar-refractivity contribution >= 4 is 28.3 Å². The molecular weight excluding hydrogens is 430 g/mol. The maximum atomic E-state index is 12.8. The van der Waals surface area contributed by atoms with Gasteiger partial charge in [0, 0.05) is 49.8 Å². The van der Waals surface area contributed by atoms with E-state index in [-0.39, 0.29) is 35.0 Å². The van der Waals surface area contributed by atoms with Crippen molar-refractivity contribution in [3.8, 4) is 0 Å². The lowest BCUT2D eigenvalue weighted by Crippen LogP contribution is -2.59. The molecule has 8 heteroatoms. The molecule has 2 aliphatic rings. The lowest BCUT2D eigenvalue weighted by molar-refractivity contribution is -0.127. The summed E-state index contributed by atoms with van der Waals surface area (Å²) in [6, 6.07) is 0.177. The van der Waals surface area contributed by atoms with Crippen LogP contribution in [-0.4, -0.2) is 76.2 Å². The van der Waals surface area contributed by atoms with Crippen LogP contribution in [0, 0.1) is 5.92 Å². The number of nitrogens with one attached hydrogen (secondary N) is 1. The van der Waals surface area contributed by atoms with Crippen molar-refractivity contribution in [2.75, 3.05) is 27.3 Å². The zero-order valence-electron chi connectivity index (χ0n) is 20.8. The average Bonchev–Trinajstić information content (AvgIpc) is 3.12. The molecule has 31 heavy (non-hydrogen) atoms. The zero-order chi connectivity index (χ0) is 23.2. The van der Waals surface area contributed by atoms with Crippen LogP contribution in [0.4, 0.5) is 0 Å². The van der Waals surface area contributed by atoms with E-state index < -0.39 is 11.4 Å².